The Labute approximate surface area is 87.0 Å². The summed E-state index contributed by atoms with van der Waals surface area (Å²) in [6.07, 6.45) is -1.04. The lowest BCUT2D eigenvalue weighted by molar-refractivity contribution is 0.194. The van der Waals surface area contributed by atoms with Gasteiger partial charge in [-0.15, -0.1) is 25.3 Å². The smallest absolute Gasteiger partial charge is 0.404 e. The summed E-state index contributed by atoms with van der Waals surface area (Å²) < 4.78 is 0. The fraction of sp³-hybridized carbons (Fsp3) is 0.125. The Balaban J connectivity index is 2.77. The third kappa shape index (κ3) is 2.86. The fourth-order valence-electron chi connectivity index (χ4n) is 0.891. The van der Waals surface area contributed by atoms with Gasteiger partial charge in [0.1, 0.15) is 0 Å². The first-order chi connectivity index (χ1) is 6.11. The molecule has 0 saturated carbocycles. The van der Waals surface area contributed by atoms with Crippen molar-refractivity contribution in [3.05, 3.63) is 23.8 Å². The molecule has 70 valence electrons. The SMILES string of the molecule is O=C(O)NCc1cccc(S)c1S. The number of thiol groups is 2. The van der Waals surface area contributed by atoms with Crippen molar-refractivity contribution in [2.75, 3.05) is 0 Å². The maximum absolute atomic E-state index is 10.2. The molecule has 1 aromatic carbocycles. The molecule has 0 aliphatic rings. The lowest BCUT2D eigenvalue weighted by Crippen LogP contribution is -2.20. The van der Waals surface area contributed by atoms with Crippen molar-refractivity contribution in [2.45, 2.75) is 16.3 Å². The molecule has 0 bridgehead atoms. The maximum Gasteiger partial charge on any atom is 0.404 e. The van der Waals surface area contributed by atoms with E-state index in [1.54, 1.807) is 18.2 Å². The second-order valence-corrected chi connectivity index (χ2v) is 3.37. The van der Waals surface area contributed by atoms with Crippen LogP contribution >= 0.6 is 25.3 Å². The van der Waals surface area contributed by atoms with Crippen LogP contribution in [0.2, 0.25) is 0 Å². The Morgan fingerprint density at radius 2 is 2.15 bits per heavy atom. The monoisotopic (exact) mass is 215 g/mol. The van der Waals surface area contributed by atoms with E-state index in [2.05, 4.69) is 30.6 Å². The number of amides is 1. The normalized spacial score (nSPS) is 9.69. The van der Waals surface area contributed by atoms with Crippen LogP contribution < -0.4 is 5.32 Å². The van der Waals surface area contributed by atoms with Gasteiger partial charge in [0, 0.05) is 16.3 Å². The Bertz CT molecular complexity index is 328. The highest BCUT2D eigenvalue weighted by molar-refractivity contribution is 7.83. The molecule has 1 amide bonds. The van der Waals surface area contributed by atoms with E-state index >= 15 is 0 Å². The summed E-state index contributed by atoms with van der Waals surface area (Å²) in [5, 5.41) is 10.6. The van der Waals surface area contributed by atoms with Crippen molar-refractivity contribution < 1.29 is 9.90 Å². The van der Waals surface area contributed by atoms with Crippen molar-refractivity contribution >= 4 is 31.4 Å². The Hall–Kier alpha value is -0.810. The first kappa shape index (κ1) is 10.3. The third-order valence-corrected chi connectivity index (χ3v) is 2.61. The lowest BCUT2D eigenvalue weighted by Gasteiger charge is -2.06. The summed E-state index contributed by atoms with van der Waals surface area (Å²) in [5.41, 5.74) is 0.818. The molecular formula is C8H9NO2S2. The van der Waals surface area contributed by atoms with Crippen molar-refractivity contribution in [3.8, 4) is 0 Å². The number of nitrogens with one attached hydrogen (secondary N) is 1. The van der Waals surface area contributed by atoms with E-state index in [1.165, 1.54) is 0 Å². The van der Waals surface area contributed by atoms with E-state index in [1.807, 2.05) is 0 Å². The quantitative estimate of drug-likeness (QED) is 0.571. The fourth-order valence-corrected chi connectivity index (χ4v) is 1.35. The van der Waals surface area contributed by atoms with Crippen molar-refractivity contribution in [1.29, 1.82) is 0 Å². The summed E-state index contributed by atoms with van der Waals surface area (Å²) in [6, 6.07) is 5.41. The Kier molecular flexibility index (Phi) is 3.50. The van der Waals surface area contributed by atoms with Crippen LogP contribution in [0.25, 0.3) is 0 Å². The van der Waals surface area contributed by atoms with Crippen molar-refractivity contribution in [2.24, 2.45) is 0 Å². The highest BCUT2D eigenvalue weighted by Crippen LogP contribution is 2.21. The molecule has 0 spiro atoms. The van der Waals surface area contributed by atoms with Gasteiger partial charge in [0.25, 0.3) is 0 Å². The molecule has 0 saturated heterocycles. The van der Waals surface area contributed by atoms with Crippen molar-refractivity contribution in [1.82, 2.24) is 5.32 Å². The van der Waals surface area contributed by atoms with Crippen LogP contribution in [0.4, 0.5) is 4.79 Å². The van der Waals surface area contributed by atoms with Crippen LogP contribution in [0.15, 0.2) is 28.0 Å². The molecule has 0 aromatic heterocycles. The van der Waals surface area contributed by atoms with Gasteiger partial charge >= 0.3 is 6.09 Å². The molecule has 1 rings (SSSR count). The predicted octanol–water partition coefficient (Wildman–Crippen LogP) is 2.03. The maximum atomic E-state index is 10.2. The summed E-state index contributed by atoms with van der Waals surface area (Å²) in [5.74, 6) is 0. The van der Waals surface area contributed by atoms with Gasteiger partial charge in [-0.2, -0.15) is 0 Å². The molecule has 5 heteroatoms. The van der Waals surface area contributed by atoms with E-state index in [9.17, 15) is 4.79 Å². The van der Waals surface area contributed by atoms with Gasteiger partial charge in [0.05, 0.1) is 0 Å². The standard InChI is InChI=1S/C8H9NO2S2/c10-8(11)9-4-5-2-1-3-6(12)7(5)13/h1-3,9,12-13H,4H2,(H,10,11). The minimum atomic E-state index is -1.04. The highest BCUT2D eigenvalue weighted by Gasteiger charge is 2.02. The number of carbonyl (C=O) groups is 1. The Morgan fingerprint density at radius 3 is 2.77 bits per heavy atom. The largest absolute Gasteiger partial charge is 0.465 e. The van der Waals surface area contributed by atoms with E-state index in [0.717, 1.165) is 10.5 Å². The first-order valence-electron chi connectivity index (χ1n) is 3.58. The predicted molar refractivity (Wildman–Crippen MR) is 55.8 cm³/mol. The van der Waals surface area contributed by atoms with Gasteiger partial charge in [0.2, 0.25) is 0 Å². The number of rotatable bonds is 2. The lowest BCUT2D eigenvalue weighted by atomic mass is 10.2. The average molecular weight is 215 g/mol. The van der Waals surface area contributed by atoms with Gasteiger partial charge in [-0.1, -0.05) is 12.1 Å². The minimum Gasteiger partial charge on any atom is -0.465 e. The minimum absolute atomic E-state index is 0.253. The van der Waals surface area contributed by atoms with Crippen LogP contribution in [0.1, 0.15) is 5.56 Å². The molecule has 2 N–H and O–H groups in total. The van der Waals surface area contributed by atoms with E-state index in [-0.39, 0.29) is 6.54 Å². The zero-order valence-corrected chi connectivity index (χ0v) is 8.48. The molecule has 13 heavy (non-hydrogen) atoms. The summed E-state index contributed by atoms with van der Waals surface area (Å²) in [7, 11) is 0. The number of hydrogen-bond acceptors (Lipinski definition) is 3. The van der Waals surface area contributed by atoms with Crippen LogP contribution in [-0.2, 0) is 6.54 Å². The zero-order valence-electron chi connectivity index (χ0n) is 6.69. The van der Waals surface area contributed by atoms with E-state index < -0.39 is 6.09 Å². The second kappa shape index (κ2) is 4.43. The highest BCUT2D eigenvalue weighted by atomic mass is 32.1. The summed E-state index contributed by atoms with van der Waals surface area (Å²) in [6.45, 7) is 0.253. The molecule has 0 atom stereocenters. The average Bonchev–Trinajstić information content (AvgIpc) is 2.07. The third-order valence-electron chi connectivity index (χ3n) is 1.53. The molecule has 1 aromatic rings. The van der Waals surface area contributed by atoms with Crippen LogP contribution in [0.3, 0.4) is 0 Å². The van der Waals surface area contributed by atoms with Crippen LogP contribution in [-0.4, -0.2) is 11.2 Å². The molecule has 0 aliphatic heterocycles. The van der Waals surface area contributed by atoms with Crippen LogP contribution in [0, 0.1) is 0 Å². The molecule has 0 heterocycles. The van der Waals surface area contributed by atoms with Gasteiger partial charge < -0.3 is 10.4 Å². The van der Waals surface area contributed by atoms with Gasteiger partial charge in [-0.3, -0.25) is 0 Å². The molecule has 0 fully saturated rings. The van der Waals surface area contributed by atoms with Crippen molar-refractivity contribution in [3.63, 3.8) is 0 Å². The summed E-state index contributed by atoms with van der Waals surface area (Å²) in [4.78, 5) is 11.7. The molecule has 0 radical (unpaired) electrons. The van der Waals surface area contributed by atoms with E-state index in [0.29, 0.717) is 4.90 Å². The molecule has 0 unspecified atom stereocenters. The van der Waals surface area contributed by atoms with Crippen LogP contribution in [0.5, 0.6) is 0 Å². The molecule has 3 nitrogen and oxygen atoms in total. The Morgan fingerprint density at radius 1 is 1.46 bits per heavy atom. The zero-order chi connectivity index (χ0) is 9.84. The van der Waals surface area contributed by atoms with Gasteiger partial charge in [0.15, 0.2) is 0 Å². The number of hydrogen-bond donors (Lipinski definition) is 4. The molecule has 0 aliphatic carbocycles. The van der Waals surface area contributed by atoms with Gasteiger partial charge in [-0.05, 0) is 11.6 Å². The first-order valence-corrected chi connectivity index (χ1v) is 4.47. The van der Waals surface area contributed by atoms with Gasteiger partial charge in [-0.25, -0.2) is 4.79 Å². The number of carboxylic acid groups (broad SMARTS) is 1. The number of benzene rings is 1. The second-order valence-electron chi connectivity index (χ2n) is 2.44. The molecular weight excluding hydrogens is 206 g/mol. The summed E-state index contributed by atoms with van der Waals surface area (Å²) >= 11 is 8.36. The topological polar surface area (TPSA) is 49.3 Å². The van der Waals surface area contributed by atoms with E-state index in [4.69, 9.17) is 5.11 Å².